The topological polar surface area (TPSA) is 104 Å². The summed E-state index contributed by atoms with van der Waals surface area (Å²) >= 11 is 1.27. The third-order valence-corrected chi connectivity index (χ3v) is 5.93. The molecule has 2 aromatic heterocycles. The number of amides is 1. The first-order chi connectivity index (χ1) is 12.9. The molecule has 2 aliphatic rings. The lowest BCUT2D eigenvalue weighted by atomic mass is 9.89. The van der Waals surface area contributed by atoms with Crippen molar-refractivity contribution in [2.24, 2.45) is 5.73 Å². The van der Waals surface area contributed by atoms with E-state index in [0.717, 1.165) is 46.7 Å². The normalized spacial score (nSPS) is 18.6. The van der Waals surface area contributed by atoms with Crippen LogP contribution in [-0.4, -0.2) is 42.8 Å². The van der Waals surface area contributed by atoms with Crippen molar-refractivity contribution < 1.29 is 14.3 Å². The summed E-state index contributed by atoms with van der Waals surface area (Å²) in [5, 5.41) is 0.863. The van der Waals surface area contributed by atoms with Gasteiger partial charge in [-0.1, -0.05) is 13.8 Å². The molecule has 0 aliphatic carbocycles. The molecule has 148 valence electrons. The number of aromatic nitrogens is 1. The zero-order chi connectivity index (χ0) is 19.8. The number of nitrogens with zero attached hydrogens (tertiary/aromatic N) is 2. The third-order valence-electron chi connectivity index (χ3n) is 4.81. The molecule has 0 unspecified atom stereocenters. The minimum absolute atomic E-state index is 0.287. The molecule has 8 heteroatoms. The average Bonchev–Trinajstić information content (AvgIpc) is 3.00. The van der Waals surface area contributed by atoms with Gasteiger partial charge in [0.1, 0.15) is 15.5 Å². The average molecular weight is 393 g/mol. The van der Waals surface area contributed by atoms with E-state index in [1.54, 1.807) is 0 Å². The van der Waals surface area contributed by atoms with Gasteiger partial charge in [-0.15, -0.1) is 11.3 Å². The van der Waals surface area contributed by atoms with Gasteiger partial charge in [-0.05, 0) is 19.4 Å². The van der Waals surface area contributed by atoms with Crippen molar-refractivity contribution in [2.75, 3.05) is 36.9 Å². The maximum Gasteiger partial charge on any atom is 0.260 e. The molecular formula is C19H28N4O3S. The van der Waals surface area contributed by atoms with Crippen LogP contribution in [0.25, 0.3) is 10.2 Å². The number of nitrogens with two attached hydrogens (primary N) is 2. The van der Waals surface area contributed by atoms with Crippen LogP contribution in [0.15, 0.2) is 0 Å². The van der Waals surface area contributed by atoms with E-state index in [1.165, 1.54) is 11.3 Å². The number of hydrogen-bond donors (Lipinski definition) is 2. The third kappa shape index (κ3) is 3.61. The Kier molecular flexibility index (Phi) is 5.60. The fourth-order valence-corrected chi connectivity index (χ4v) is 4.54. The number of fused-ring (bicyclic) bond motifs is 3. The van der Waals surface area contributed by atoms with Gasteiger partial charge < -0.3 is 25.8 Å². The van der Waals surface area contributed by atoms with Gasteiger partial charge >= 0.3 is 0 Å². The highest BCUT2D eigenvalue weighted by molar-refractivity contribution is 7.21. The number of nitrogen functional groups attached to an aromatic ring is 1. The number of anilines is 2. The summed E-state index contributed by atoms with van der Waals surface area (Å²) in [6.45, 7) is 11.6. The quantitative estimate of drug-likeness (QED) is 0.814. The van der Waals surface area contributed by atoms with Crippen molar-refractivity contribution in [3.05, 3.63) is 16.0 Å². The molecule has 0 radical (unpaired) electrons. The molecule has 27 heavy (non-hydrogen) atoms. The Morgan fingerprint density at radius 3 is 2.52 bits per heavy atom. The summed E-state index contributed by atoms with van der Waals surface area (Å²) in [5.41, 5.74) is 14.1. The summed E-state index contributed by atoms with van der Waals surface area (Å²) in [4.78, 5) is 20.0. The molecule has 0 bridgehead atoms. The Labute approximate surface area is 163 Å². The van der Waals surface area contributed by atoms with E-state index in [4.69, 9.17) is 25.9 Å². The number of carbonyl (C=O) groups is 1. The van der Waals surface area contributed by atoms with E-state index >= 15 is 0 Å². The molecule has 1 fully saturated rings. The largest absolute Gasteiger partial charge is 0.397 e. The number of carbonyl (C=O) groups excluding carboxylic acids is 1. The van der Waals surface area contributed by atoms with Gasteiger partial charge in [-0.2, -0.15) is 0 Å². The molecule has 4 N–H and O–H groups in total. The lowest BCUT2D eigenvalue weighted by Gasteiger charge is -2.36. The predicted molar refractivity (Wildman–Crippen MR) is 110 cm³/mol. The molecule has 0 spiro atoms. The Balaban J connectivity index is 0.00000102. The van der Waals surface area contributed by atoms with Crippen LogP contribution in [0.4, 0.5) is 11.5 Å². The van der Waals surface area contributed by atoms with E-state index in [2.05, 4.69) is 18.7 Å². The Bertz CT molecular complexity index is 856. The molecule has 7 nitrogen and oxygen atoms in total. The molecule has 4 rings (SSSR count). The molecule has 2 aliphatic heterocycles. The number of primary amides is 1. The van der Waals surface area contributed by atoms with Crippen molar-refractivity contribution in [2.45, 2.75) is 46.3 Å². The van der Waals surface area contributed by atoms with E-state index in [1.807, 2.05) is 13.8 Å². The van der Waals surface area contributed by atoms with Crippen LogP contribution in [0.3, 0.4) is 0 Å². The first-order valence-electron chi connectivity index (χ1n) is 9.37. The van der Waals surface area contributed by atoms with Crippen LogP contribution < -0.4 is 16.4 Å². The Morgan fingerprint density at radius 2 is 1.89 bits per heavy atom. The van der Waals surface area contributed by atoms with Crippen LogP contribution >= 0.6 is 11.3 Å². The van der Waals surface area contributed by atoms with Gasteiger partial charge in [0.25, 0.3) is 5.91 Å². The summed E-state index contributed by atoms with van der Waals surface area (Å²) < 4.78 is 11.5. The number of ether oxygens (including phenoxy) is 2. The standard InChI is InChI=1S/C17H22N4O3S.C2H6/c1-17(2)7-9-10(8-24-17)15(21-3-5-23-6-4-21)20-16-11(9)12(18)13(25-16)14(19)22;1-2/h3-8,18H2,1-2H3,(H2,19,22);1-2H3. The molecule has 2 aromatic rings. The number of hydrogen-bond acceptors (Lipinski definition) is 7. The van der Waals surface area contributed by atoms with E-state index in [-0.39, 0.29) is 5.60 Å². The van der Waals surface area contributed by atoms with Gasteiger partial charge in [0.2, 0.25) is 0 Å². The van der Waals surface area contributed by atoms with Crippen LogP contribution in [0.1, 0.15) is 48.5 Å². The van der Waals surface area contributed by atoms with Gasteiger partial charge in [-0.25, -0.2) is 4.98 Å². The summed E-state index contributed by atoms with van der Waals surface area (Å²) in [6, 6.07) is 0. The Morgan fingerprint density at radius 1 is 1.22 bits per heavy atom. The second-order valence-corrected chi connectivity index (χ2v) is 8.11. The highest BCUT2D eigenvalue weighted by atomic mass is 32.1. The molecule has 0 saturated carbocycles. The second kappa shape index (κ2) is 7.61. The summed E-state index contributed by atoms with van der Waals surface area (Å²) in [6.07, 6.45) is 0.720. The number of pyridine rings is 1. The highest BCUT2D eigenvalue weighted by Crippen LogP contribution is 2.43. The first-order valence-corrected chi connectivity index (χ1v) is 10.2. The Hall–Kier alpha value is -1.90. The lowest BCUT2D eigenvalue weighted by molar-refractivity contribution is -0.0396. The second-order valence-electron chi connectivity index (χ2n) is 7.11. The van der Waals surface area contributed by atoms with E-state index in [0.29, 0.717) is 30.4 Å². The van der Waals surface area contributed by atoms with Crippen LogP contribution in [-0.2, 0) is 22.5 Å². The van der Waals surface area contributed by atoms with E-state index in [9.17, 15) is 4.79 Å². The minimum atomic E-state index is -0.506. The lowest BCUT2D eigenvalue weighted by Crippen LogP contribution is -2.39. The monoisotopic (exact) mass is 392 g/mol. The van der Waals surface area contributed by atoms with Gasteiger partial charge in [0.05, 0.1) is 31.1 Å². The highest BCUT2D eigenvalue weighted by Gasteiger charge is 2.33. The van der Waals surface area contributed by atoms with Crippen molar-refractivity contribution in [1.29, 1.82) is 0 Å². The number of rotatable bonds is 2. The molecule has 1 amide bonds. The maximum absolute atomic E-state index is 11.7. The fourth-order valence-electron chi connectivity index (χ4n) is 3.56. The molecular weight excluding hydrogens is 364 g/mol. The molecule has 1 saturated heterocycles. The maximum atomic E-state index is 11.7. The number of thiophene rings is 1. The van der Waals surface area contributed by atoms with Gasteiger partial charge in [-0.3, -0.25) is 4.79 Å². The van der Waals surface area contributed by atoms with Crippen LogP contribution in [0, 0.1) is 0 Å². The van der Waals surface area contributed by atoms with Gasteiger partial charge in [0, 0.05) is 30.5 Å². The smallest absolute Gasteiger partial charge is 0.260 e. The van der Waals surface area contributed by atoms with Crippen molar-refractivity contribution in [3.8, 4) is 0 Å². The molecule has 4 heterocycles. The predicted octanol–water partition coefficient (Wildman–Crippen LogP) is 2.69. The zero-order valence-corrected chi connectivity index (χ0v) is 17.2. The summed E-state index contributed by atoms with van der Waals surface area (Å²) in [5.74, 6) is 0.409. The molecule has 0 atom stereocenters. The van der Waals surface area contributed by atoms with Crippen molar-refractivity contribution in [3.63, 3.8) is 0 Å². The van der Waals surface area contributed by atoms with Crippen LogP contribution in [0.2, 0.25) is 0 Å². The van der Waals surface area contributed by atoms with E-state index < -0.39 is 5.91 Å². The SMILES string of the molecule is CC.CC1(C)Cc2c(c(N3CCOCC3)nc3sc(C(N)=O)c(N)c23)CO1. The first kappa shape index (κ1) is 19.9. The van der Waals surface area contributed by atoms with Gasteiger partial charge in [0.15, 0.2) is 0 Å². The van der Waals surface area contributed by atoms with Crippen molar-refractivity contribution in [1.82, 2.24) is 4.98 Å². The minimum Gasteiger partial charge on any atom is -0.397 e. The zero-order valence-electron chi connectivity index (χ0n) is 16.4. The van der Waals surface area contributed by atoms with Crippen LogP contribution in [0.5, 0.6) is 0 Å². The molecule has 0 aromatic carbocycles. The summed E-state index contributed by atoms with van der Waals surface area (Å²) in [7, 11) is 0. The van der Waals surface area contributed by atoms with Crippen molar-refractivity contribution >= 4 is 39.0 Å². The number of morpholine rings is 1. The fraction of sp³-hybridized carbons (Fsp3) is 0.579.